The topological polar surface area (TPSA) is 130 Å². The highest BCUT2D eigenvalue weighted by Gasteiger charge is 2.26. The Hall–Kier alpha value is -1.57. The summed E-state index contributed by atoms with van der Waals surface area (Å²) in [4.78, 5) is 9.92. The Morgan fingerprint density at radius 2 is 1.95 bits per heavy atom. The minimum Gasteiger partial charge on any atom is -0.504 e. The SMILES string of the molecule is CCC(C)[C@@H](O)[C@@H](N)c1cc(O)c(O)c([N+](=O)[O-])c1.Cl. The van der Waals surface area contributed by atoms with E-state index in [4.69, 9.17) is 5.73 Å². The molecule has 0 spiro atoms. The molecule has 0 aromatic heterocycles. The molecule has 0 saturated heterocycles. The first-order valence-electron chi connectivity index (χ1n) is 5.93. The van der Waals surface area contributed by atoms with Gasteiger partial charge in [0.05, 0.1) is 17.1 Å². The second-order valence-corrected chi connectivity index (χ2v) is 4.57. The zero-order valence-electron chi connectivity index (χ0n) is 11.2. The number of rotatable bonds is 5. The smallest absolute Gasteiger partial charge is 0.314 e. The van der Waals surface area contributed by atoms with Gasteiger partial charge in [-0.05, 0) is 17.5 Å². The minimum absolute atomic E-state index is 0. The quantitative estimate of drug-likeness (QED) is 0.373. The van der Waals surface area contributed by atoms with Gasteiger partial charge in [0.15, 0.2) is 5.75 Å². The van der Waals surface area contributed by atoms with Crippen LogP contribution in [0.1, 0.15) is 31.9 Å². The molecule has 1 aromatic carbocycles. The molecule has 0 bridgehead atoms. The van der Waals surface area contributed by atoms with Gasteiger partial charge in [-0.2, -0.15) is 0 Å². The van der Waals surface area contributed by atoms with Gasteiger partial charge in [0.2, 0.25) is 5.75 Å². The van der Waals surface area contributed by atoms with E-state index in [9.17, 15) is 25.4 Å². The number of phenolic OH excluding ortho intramolecular Hbond substituents is 2. The van der Waals surface area contributed by atoms with E-state index in [0.717, 1.165) is 12.1 Å². The monoisotopic (exact) mass is 306 g/mol. The summed E-state index contributed by atoms with van der Waals surface area (Å²) in [6.07, 6.45) is -0.199. The molecule has 1 rings (SSSR count). The summed E-state index contributed by atoms with van der Waals surface area (Å²) < 4.78 is 0. The van der Waals surface area contributed by atoms with E-state index < -0.39 is 34.3 Å². The van der Waals surface area contributed by atoms with Gasteiger partial charge in [0, 0.05) is 6.07 Å². The number of hydrogen-bond acceptors (Lipinski definition) is 6. The van der Waals surface area contributed by atoms with Crippen LogP contribution in [-0.2, 0) is 0 Å². The Balaban J connectivity index is 0.00000361. The number of aliphatic hydroxyl groups excluding tert-OH is 1. The average Bonchev–Trinajstić information content (AvgIpc) is 2.38. The first-order valence-corrected chi connectivity index (χ1v) is 5.93. The molecule has 0 aliphatic heterocycles. The van der Waals surface area contributed by atoms with Crippen LogP contribution < -0.4 is 5.73 Å². The first kappa shape index (κ1) is 18.4. The van der Waals surface area contributed by atoms with Crippen LogP contribution in [0, 0.1) is 16.0 Å². The Morgan fingerprint density at radius 1 is 1.40 bits per heavy atom. The molecule has 20 heavy (non-hydrogen) atoms. The Bertz CT molecular complexity index is 483. The van der Waals surface area contributed by atoms with Crippen molar-refractivity contribution in [3.63, 3.8) is 0 Å². The normalized spacial score (nSPS) is 15.0. The Labute approximate surface area is 122 Å². The van der Waals surface area contributed by atoms with Crippen LogP contribution in [0.4, 0.5) is 5.69 Å². The third-order valence-corrected chi connectivity index (χ3v) is 3.27. The first-order chi connectivity index (χ1) is 8.79. The van der Waals surface area contributed by atoms with Gasteiger partial charge >= 0.3 is 5.69 Å². The number of halogens is 1. The van der Waals surface area contributed by atoms with Crippen molar-refractivity contribution >= 4 is 18.1 Å². The number of nitro groups is 1. The van der Waals surface area contributed by atoms with E-state index in [-0.39, 0.29) is 23.9 Å². The highest BCUT2D eigenvalue weighted by Crippen LogP contribution is 2.38. The van der Waals surface area contributed by atoms with Crippen molar-refractivity contribution in [2.75, 3.05) is 0 Å². The number of phenols is 2. The van der Waals surface area contributed by atoms with Crippen molar-refractivity contribution in [3.8, 4) is 11.5 Å². The van der Waals surface area contributed by atoms with Gasteiger partial charge in [-0.1, -0.05) is 20.3 Å². The van der Waals surface area contributed by atoms with Crippen molar-refractivity contribution < 1.29 is 20.2 Å². The van der Waals surface area contributed by atoms with E-state index in [2.05, 4.69) is 0 Å². The average molecular weight is 307 g/mol. The molecule has 8 heteroatoms. The maximum absolute atomic E-state index is 10.7. The summed E-state index contributed by atoms with van der Waals surface area (Å²) in [5.74, 6) is -1.53. The second-order valence-electron chi connectivity index (χ2n) is 4.57. The molecule has 0 amide bonds. The number of nitro benzene ring substituents is 1. The molecule has 5 N–H and O–H groups in total. The van der Waals surface area contributed by atoms with Crippen molar-refractivity contribution in [1.82, 2.24) is 0 Å². The highest BCUT2D eigenvalue weighted by molar-refractivity contribution is 5.85. The number of benzene rings is 1. The molecule has 114 valence electrons. The summed E-state index contributed by atoms with van der Waals surface area (Å²) in [7, 11) is 0. The maximum Gasteiger partial charge on any atom is 0.314 e. The van der Waals surface area contributed by atoms with Crippen LogP contribution >= 0.6 is 12.4 Å². The molecule has 0 aliphatic rings. The maximum atomic E-state index is 10.7. The van der Waals surface area contributed by atoms with Crippen LogP contribution in [0.15, 0.2) is 12.1 Å². The van der Waals surface area contributed by atoms with Gasteiger partial charge < -0.3 is 21.1 Å². The van der Waals surface area contributed by atoms with Crippen molar-refractivity contribution in [3.05, 3.63) is 27.8 Å². The van der Waals surface area contributed by atoms with E-state index >= 15 is 0 Å². The molecule has 0 fully saturated rings. The molecule has 0 saturated carbocycles. The standard InChI is InChI=1S/C12H18N2O5.ClH/c1-3-6(2)11(16)10(13)7-4-8(14(18)19)12(17)9(15)5-7;/h4-6,10-11,15-17H,3,13H2,1-2H3;1H/t6?,10-,11+;/m0./s1. The van der Waals surface area contributed by atoms with E-state index in [1.165, 1.54) is 0 Å². The van der Waals surface area contributed by atoms with Crippen molar-refractivity contribution in [2.45, 2.75) is 32.4 Å². The van der Waals surface area contributed by atoms with Crippen molar-refractivity contribution in [1.29, 1.82) is 0 Å². The summed E-state index contributed by atoms with van der Waals surface area (Å²) in [5.41, 5.74) is 5.40. The lowest BCUT2D eigenvalue weighted by Crippen LogP contribution is -2.31. The Morgan fingerprint density at radius 3 is 2.40 bits per heavy atom. The van der Waals surface area contributed by atoms with Gasteiger partial charge in [0.1, 0.15) is 0 Å². The van der Waals surface area contributed by atoms with Gasteiger partial charge in [0.25, 0.3) is 0 Å². The van der Waals surface area contributed by atoms with Crippen LogP contribution in [-0.4, -0.2) is 26.3 Å². The fourth-order valence-corrected chi connectivity index (χ4v) is 1.75. The highest BCUT2D eigenvalue weighted by atomic mass is 35.5. The lowest BCUT2D eigenvalue weighted by molar-refractivity contribution is -0.386. The lowest BCUT2D eigenvalue weighted by atomic mass is 9.91. The molecule has 3 atom stereocenters. The van der Waals surface area contributed by atoms with Gasteiger partial charge in [-0.3, -0.25) is 10.1 Å². The number of nitrogens with zero attached hydrogens (tertiary/aromatic N) is 1. The third-order valence-electron chi connectivity index (χ3n) is 3.27. The number of aromatic hydroxyl groups is 2. The molecule has 0 heterocycles. The zero-order valence-corrected chi connectivity index (χ0v) is 12.0. The number of aliphatic hydroxyl groups is 1. The molecule has 7 nitrogen and oxygen atoms in total. The van der Waals surface area contributed by atoms with Crippen LogP contribution in [0.3, 0.4) is 0 Å². The molecule has 0 radical (unpaired) electrons. The minimum atomic E-state index is -0.895. The predicted molar refractivity (Wildman–Crippen MR) is 76.1 cm³/mol. The lowest BCUT2D eigenvalue weighted by Gasteiger charge is -2.24. The third kappa shape index (κ3) is 3.72. The second kappa shape index (κ2) is 7.28. The Kier molecular flexibility index (Phi) is 6.70. The predicted octanol–water partition coefficient (Wildman–Crippen LogP) is 1.83. The summed E-state index contributed by atoms with van der Waals surface area (Å²) >= 11 is 0. The van der Waals surface area contributed by atoms with Crippen LogP contribution in [0.5, 0.6) is 11.5 Å². The van der Waals surface area contributed by atoms with Gasteiger partial charge in [-0.25, -0.2) is 0 Å². The molecule has 1 aromatic rings. The number of hydrogen-bond donors (Lipinski definition) is 4. The summed E-state index contributed by atoms with van der Waals surface area (Å²) in [6, 6.07) is 1.31. The molecular weight excluding hydrogens is 288 g/mol. The fraction of sp³-hybridized carbons (Fsp3) is 0.500. The zero-order chi connectivity index (χ0) is 14.7. The van der Waals surface area contributed by atoms with Crippen molar-refractivity contribution in [2.24, 2.45) is 11.7 Å². The number of nitrogens with two attached hydrogens (primary N) is 1. The molecule has 0 aliphatic carbocycles. The van der Waals surface area contributed by atoms with E-state index in [1.54, 1.807) is 6.92 Å². The molecule has 1 unspecified atom stereocenters. The van der Waals surface area contributed by atoms with Crippen LogP contribution in [0.2, 0.25) is 0 Å². The molecular formula is C12H19ClN2O5. The summed E-state index contributed by atoms with van der Waals surface area (Å²) in [6.45, 7) is 3.69. The van der Waals surface area contributed by atoms with E-state index in [1.807, 2.05) is 6.92 Å². The van der Waals surface area contributed by atoms with Gasteiger partial charge in [-0.15, -0.1) is 12.4 Å². The van der Waals surface area contributed by atoms with Crippen LogP contribution in [0.25, 0.3) is 0 Å². The largest absolute Gasteiger partial charge is 0.504 e. The summed E-state index contributed by atoms with van der Waals surface area (Å²) in [5, 5.41) is 39.6. The van der Waals surface area contributed by atoms with E-state index in [0.29, 0.717) is 6.42 Å². The fourth-order valence-electron chi connectivity index (χ4n) is 1.75.